The van der Waals surface area contributed by atoms with Gasteiger partial charge in [0.25, 0.3) is 0 Å². The third-order valence-electron chi connectivity index (χ3n) is 2.48. The zero-order valence-electron chi connectivity index (χ0n) is 10.2. The van der Waals surface area contributed by atoms with E-state index >= 15 is 0 Å². The molecule has 0 aliphatic rings. The molecule has 0 bridgehead atoms. The van der Waals surface area contributed by atoms with Crippen LogP contribution in [0, 0.1) is 0 Å². The first kappa shape index (κ1) is 12.7. The van der Waals surface area contributed by atoms with Crippen LogP contribution in [0.3, 0.4) is 0 Å². The molecule has 0 saturated carbocycles. The summed E-state index contributed by atoms with van der Waals surface area (Å²) in [6.45, 7) is 0.371. The molecule has 8 nitrogen and oxygen atoms in total. The number of methoxy groups -OCH3 is 1. The van der Waals surface area contributed by atoms with E-state index in [2.05, 4.69) is 25.4 Å². The summed E-state index contributed by atoms with van der Waals surface area (Å²) in [5, 5.41) is 21.9. The van der Waals surface area contributed by atoms with Crippen molar-refractivity contribution in [3.05, 3.63) is 35.5 Å². The summed E-state index contributed by atoms with van der Waals surface area (Å²) in [4.78, 5) is 0. The van der Waals surface area contributed by atoms with Gasteiger partial charge in [-0.15, -0.1) is 0 Å². The van der Waals surface area contributed by atoms with E-state index in [1.165, 1.54) is 0 Å². The number of nitrogens with two attached hydrogens (primary N) is 1. The molecule has 0 aliphatic heterocycles. The van der Waals surface area contributed by atoms with E-state index in [-0.39, 0.29) is 17.3 Å². The Morgan fingerprint density at radius 2 is 2.26 bits per heavy atom. The number of rotatable bonds is 4. The van der Waals surface area contributed by atoms with Gasteiger partial charge < -0.3 is 21.0 Å². The summed E-state index contributed by atoms with van der Waals surface area (Å²) in [7, 11) is 1.58. The van der Waals surface area contributed by atoms with Crippen LogP contribution in [0.25, 0.3) is 0 Å². The van der Waals surface area contributed by atoms with Gasteiger partial charge in [-0.1, -0.05) is 23.4 Å². The Labute approximate surface area is 108 Å². The number of amidine groups is 1. The molecule has 100 valence electrons. The van der Waals surface area contributed by atoms with Crippen molar-refractivity contribution in [3.8, 4) is 5.75 Å². The number of nitrogens with one attached hydrogen (secondary N) is 1. The molecule has 1 aromatic heterocycles. The van der Waals surface area contributed by atoms with Crippen LogP contribution < -0.4 is 15.8 Å². The highest BCUT2D eigenvalue weighted by atomic mass is 16.6. The van der Waals surface area contributed by atoms with Gasteiger partial charge in [-0.05, 0) is 16.4 Å². The zero-order valence-corrected chi connectivity index (χ0v) is 10.2. The molecule has 1 aromatic carbocycles. The number of nitrogens with zero attached hydrogens (tertiary/aromatic N) is 3. The molecule has 2 aromatic rings. The van der Waals surface area contributed by atoms with Gasteiger partial charge in [0.05, 0.1) is 7.11 Å². The Bertz CT molecular complexity index is 581. The molecule has 1 heterocycles. The monoisotopic (exact) mass is 263 g/mol. The third kappa shape index (κ3) is 2.73. The molecular weight excluding hydrogens is 250 g/mol. The maximum absolute atomic E-state index is 8.96. The fourth-order valence-electron chi connectivity index (χ4n) is 1.55. The maximum atomic E-state index is 8.96. The number of benzene rings is 1. The smallest absolute Gasteiger partial charge is 0.199 e. The van der Waals surface area contributed by atoms with Crippen LogP contribution in [0.2, 0.25) is 0 Å². The Kier molecular flexibility index (Phi) is 3.81. The summed E-state index contributed by atoms with van der Waals surface area (Å²) in [5.41, 5.74) is 6.56. The quantitative estimate of drug-likeness (QED) is 0.319. The van der Waals surface area contributed by atoms with Crippen molar-refractivity contribution >= 4 is 11.7 Å². The number of nitrogen functional groups attached to an aromatic ring is 1. The van der Waals surface area contributed by atoms with E-state index < -0.39 is 0 Å². The molecule has 0 aliphatic carbocycles. The van der Waals surface area contributed by atoms with Crippen molar-refractivity contribution < 1.29 is 14.6 Å². The largest absolute Gasteiger partial charge is 0.496 e. The highest BCUT2D eigenvalue weighted by Gasteiger charge is 2.15. The number of para-hydroxylation sites is 1. The SMILES string of the molecule is COc1ccccc1CN/C(=N\O)c1nonc1N. The number of oxime groups is 1. The Morgan fingerprint density at radius 3 is 2.89 bits per heavy atom. The Hall–Kier alpha value is -2.77. The normalized spacial score (nSPS) is 11.3. The standard InChI is InChI=1S/C11H13N5O3/c1-18-8-5-3-2-4-7(8)6-13-11(14-17)9-10(12)16-19-15-9/h2-5,17H,6H2,1H3,(H2,12,16)(H,13,14). The molecule has 0 amide bonds. The van der Waals surface area contributed by atoms with Crippen LogP contribution >= 0.6 is 0 Å². The van der Waals surface area contributed by atoms with Gasteiger partial charge in [0.2, 0.25) is 0 Å². The topological polar surface area (TPSA) is 119 Å². The van der Waals surface area contributed by atoms with Crippen LogP contribution in [-0.4, -0.2) is 28.5 Å². The predicted octanol–water partition coefficient (Wildman–Crippen LogP) is 0.586. The van der Waals surface area contributed by atoms with Crippen LogP contribution in [0.4, 0.5) is 5.82 Å². The van der Waals surface area contributed by atoms with Crippen molar-refractivity contribution in [2.24, 2.45) is 5.16 Å². The summed E-state index contributed by atoms with van der Waals surface area (Å²) >= 11 is 0. The highest BCUT2D eigenvalue weighted by molar-refractivity contribution is 5.99. The van der Waals surface area contributed by atoms with Crippen LogP contribution in [0.1, 0.15) is 11.3 Å². The molecule has 0 saturated heterocycles. The van der Waals surface area contributed by atoms with Gasteiger partial charge in [0.15, 0.2) is 17.3 Å². The average Bonchev–Trinajstić information content (AvgIpc) is 2.86. The van der Waals surface area contributed by atoms with Crippen LogP contribution in [-0.2, 0) is 6.54 Å². The Morgan fingerprint density at radius 1 is 1.47 bits per heavy atom. The number of ether oxygens (including phenoxy) is 1. The van der Waals surface area contributed by atoms with E-state index in [0.29, 0.717) is 6.54 Å². The number of anilines is 1. The minimum atomic E-state index is 0.0420. The minimum Gasteiger partial charge on any atom is -0.496 e. The molecule has 0 unspecified atom stereocenters. The maximum Gasteiger partial charge on any atom is 0.199 e. The summed E-state index contributed by atoms with van der Waals surface area (Å²) in [6.07, 6.45) is 0. The summed E-state index contributed by atoms with van der Waals surface area (Å²) in [6, 6.07) is 7.45. The van der Waals surface area contributed by atoms with Gasteiger partial charge in [-0.25, -0.2) is 4.63 Å². The van der Waals surface area contributed by atoms with Crippen molar-refractivity contribution in [2.45, 2.75) is 6.54 Å². The second kappa shape index (κ2) is 5.71. The summed E-state index contributed by atoms with van der Waals surface area (Å²) in [5.74, 6) is 0.837. The molecule has 19 heavy (non-hydrogen) atoms. The number of aromatic nitrogens is 2. The van der Waals surface area contributed by atoms with E-state index in [1.54, 1.807) is 7.11 Å². The number of hydrogen-bond acceptors (Lipinski definition) is 7. The van der Waals surface area contributed by atoms with E-state index in [4.69, 9.17) is 15.7 Å². The molecule has 4 N–H and O–H groups in total. The first-order valence-corrected chi connectivity index (χ1v) is 5.42. The van der Waals surface area contributed by atoms with Crippen molar-refractivity contribution in [2.75, 3.05) is 12.8 Å². The lowest BCUT2D eigenvalue weighted by Crippen LogP contribution is -2.25. The molecule has 8 heteroatoms. The Balaban J connectivity index is 2.11. The van der Waals surface area contributed by atoms with Crippen molar-refractivity contribution in [3.63, 3.8) is 0 Å². The first-order chi connectivity index (χ1) is 9.26. The van der Waals surface area contributed by atoms with Gasteiger partial charge in [-0.3, -0.25) is 0 Å². The second-order valence-electron chi connectivity index (χ2n) is 3.61. The van der Waals surface area contributed by atoms with Crippen LogP contribution in [0.15, 0.2) is 34.1 Å². The van der Waals surface area contributed by atoms with Crippen LogP contribution in [0.5, 0.6) is 5.75 Å². The molecule has 2 rings (SSSR count). The first-order valence-electron chi connectivity index (χ1n) is 5.42. The minimum absolute atomic E-state index is 0.0420. The molecule has 0 spiro atoms. The average molecular weight is 263 g/mol. The fourth-order valence-corrected chi connectivity index (χ4v) is 1.55. The lowest BCUT2D eigenvalue weighted by atomic mass is 10.2. The molecular formula is C11H13N5O3. The summed E-state index contributed by atoms with van der Waals surface area (Å²) < 4.78 is 9.66. The van der Waals surface area contributed by atoms with Crippen molar-refractivity contribution in [1.82, 2.24) is 15.6 Å². The van der Waals surface area contributed by atoms with E-state index in [0.717, 1.165) is 11.3 Å². The lowest BCUT2D eigenvalue weighted by molar-refractivity contribution is 0.304. The fraction of sp³-hybridized carbons (Fsp3) is 0.182. The zero-order chi connectivity index (χ0) is 13.7. The molecule has 0 fully saturated rings. The third-order valence-corrected chi connectivity index (χ3v) is 2.48. The predicted molar refractivity (Wildman–Crippen MR) is 66.9 cm³/mol. The van der Waals surface area contributed by atoms with E-state index in [9.17, 15) is 0 Å². The van der Waals surface area contributed by atoms with Gasteiger partial charge in [-0.2, -0.15) is 0 Å². The van der Waals surface area contributed by atoms with Gasteiger partial charge in [0, 0.05) is 12.1 Å². The lowest BCUT2D eigenvalue weighted by Gasteiger charge is -2.09. The molecule has 0 radical (unpaired) electrons. The van der Waals surface area contributed by atoms with Gasteiger partial charge >= 0.3 is 0 Å². The van der Waals surface area contributed by atoms with Crippen molar-refractivity contribution in [1.29, 1.82) is 0 Å². The molecule has 0 atom stereocenters. The highest BCUT2D eigenvalue weighted by Crippen LogP contribution is 2.17. The van der Waals surface area contributed by atoms with Gasteiger partial charge in [0.1, 0.15) is 5.75 Å². The number of hydrogen-bond donors (Lipinski definition) is 3. The second-order valence-corrected chi connectivity index (χ2v) is 3.61. The van der Waals surface area contributed by atoms with E-state index in [1.807, 2.05) is 24.3 Å².